The first-order chi connectivity index (χ1) is 6.20. The molecule has 0 saturated heterocycles. The molecule has 0 aliphatic rings. The van der Waals surface area contributed by atoms with Crippen LogP contribution in [0.1, 0.15) is 12.5 Å². The van der Waals surface area contributed by atoms with E-state index in [0.717, 1.165) is 6.42 Å². The minimum Gasteiger partial charge on any atom is -0.391 e. The number of alkyl halides is 1. The summed E-state index contributed by atoms with van der Waals surface area (Å²) in [5, 5.41) is 9.18. The molecule has 1 N–H and O–H groups in total. The summed E-state index contributed by atoms with van der Waals surface area (Å²) in [6.07, 6.45) is 2.06. The van der Waals surface area contributed by atoms with E-state index >= 15 is 0 Å². The molecule has 2 atom stereocenters. The van der Waals surface area contributed by atoms with Crippen LogP contribution in [0.3, 0.4) is 0 Å². The topological polar surface area (TPSA) is 20.2 Å². The zero-order chi connectivity index (χ0) is 9.68. The molecular formula is C11H14ClO. The SMILES string of the molecule is CC(Cl)[C@H](O)[CH]Cc1ccccc1. The highest BCUT2D eigenvalue weighted by Gasteiger charge is 2.10. The minimum atomic E-state index is -0.526. The van der Waals surface area contributed by atoms with Gasteiger partial charge in [0.1, 0.15) is 0 Å². The Hall–Kier alpha value is -0.530. The van der Waals surface area contributed by atoms with Crippen molar-refractivity contribution < 1.29 is 5.11 Å². The van der Waals surface area contributed by atoms with Gasteiger partial charge in [0.05, 0.1) is 11.5 Å². The summed E-state index contributed by atoms with van der Waals surface area (Å²) in [5.74, 6) is 0. The number of hydrogen-bond donors (Lipinski definition) is 1. The molecule has 0 aliphatic carbocycles. The third kappa shape index (κ3) is 3.79. The third-order valence-electron chi connectivity index (χ3n) is 1.91. The maximum atomic E-state index is 9.40. The lowest BCUT2D eigenvalue weighted by Gasteiger charge is -2.11. The predicted octanol–water partition coefficient (Wildman–Crippen LogP) is 2.42. The molecule has 1 rings (SSSR count). The van der Waals surface area contributed by atoms with E-state index in [0.29, 0.717) is 0 Å². The van der Waals surface area contributed by atoms with E-state index in [1.807, 2.05) is 36.8 Å². The number of aliphatic hydroxyl groups is 1. The lowest BCUT2D eigenvalue weighted by molar-refractivity contribution is 0.203. The highest BCUT2D eigenvalue weighted by atomic mass is 35.5. The van der Waals surface area contributed by atoms with Crippen LogP contribution in [0, 0.1) is 6.42 Å². The van der Waals surface area contributed by atoms with Gasteiger partial charge >= 0.3 is 0 Å². The lowest BCUT2D eigenvalue weighted by atomic mass is 10.1. The van der Waals surface area contributed by atoms with Crippen LogP contribution >= 0.6 is 11.6 Å². The van der Waals surface area contributed by atoms with Crippen molar-refractivity contribution in [1.82, 2.24) is 0 Å². The molecule has 0 amide bonds. The molecule has 0 fully saturated rings. The van der Waals surface area contributed by atoms with Crippen molar-refractivity contribution in [3.63, 3.8) is 0 Å². The molecule has 1 unspecified atom stereocenters. The molecular weight excluding hydrogens is 184 g/mol. The molecule has 2 heteroatoms. The summed E-state index contributed by atoms with van der Waals surface area (Å²) in [6, 6.07) is 10.0. The zero-order valence-electron chi connectivity index (χ0n) is 7.65. The minimum absolute atomic E-state index is 0.219. The first-order valence-electron chi connectivity index (χ1n) is 4.39. The summed E-state index contributed by atoms with van der Waals surface area (Å²) in [5.41, 5.74) is 1.19. The third-order valence-corrected chi connectivity index (χ3v) is 2.17. The fourth-order valence-electron chi connectivity index (χ4n) is 1.06. The highest BCUT2D eigenvalue weighted by molar-refractivity contribution is 6.20. The van der Waals surface area contributed by atoms with E-state index in [1.54, 1.807) is 6.92 Å². The molecule has 13 heavy (non-hydrogen) atoms. The summed E-state index contributed by atoms with van der Waals surface area (Å²) in [7, 11) is 0. The van der Waals surface area contributed by atoms with E-state index in [2.05, 4.69) is 0 Å². The number of benzene rings is 1. The van der Waals surface area contributed by atoms with Crippen LogP contribution in [0.4, 0.5) is 0 Å². The number of aliphatic hydroxyl groups excluding tert-OH is 1. The summed E-state index contributed by atoms with van der Waals surface area (Å²) in [4.78, 5) is 0. The van der Waals surface area contributed by atoms with E-state index in [9.17, 15) is 5.11 Å². The number of halogens is 1. The van der Waals surface area contributed by atoms with Gasteiger partial charge in [-0.3, -0.25) is 0 Å². The largest absolute Gasteiger partial charge is 0.391 e. The highest BCUT2D eigenvalue weighted by Crippen LogP contribution is 2.09. The average Bonchev–Trinajstić information content (AvgIpc) is 2.15. The van der Waals surface area contributed by atoms with Gasteiger partial charge in [0.15, 0.2) is 0 Å². The van der Waals surface area contributed by atoms with E-state index < -0.39 is 6.10 Å². The summed E-state index contributed by atoms with van der Waals surface area (Å²) < 4.78 is 0. The molecule has 0 heterocycles. The van der Waals surface area contributed by atoms with Crippen molar-refractivity contribution >= 4 is 11.6 Å². The van der Waals surface area contributed by atoms with Gasteiger partial charge in [-0.2, -0.15) is 0 Å². The van der Waals surface area contributed by atoms with Gasteiger partial charge in [-0.1, -0.05) is 30.3 Å². The van der Waals surface area contributed by atoms with E-state index in [1.165, 1.54) is 5.56 Å². The van der Waals surface area contributed by atoms with Crippen molar-refractivity contribution in [3.8, 4) is 0 Å². The normalized spacial score (nSPS) is 15.3. The Morgan fingerprint density at radius 1 is 1.38 bits per heavy atom. The molecule has 0 aromatic heterocycles. The van der Waals surface area contributed by atoms with Crippen LogP contribution in [-0.2, 0) is 6.42 Å². The molecule has 0 saturated carbocycles. The van der Waals surface area contributed by atoms with Crippen LogP contribution in [-0.4, -0.2) is 16.6 Å². The summed E-state index contributed by atoms with van der Waals surface area (Å²) >= 11 is 5.71. The summed E-state index contributed by atoms with van der Waals surface area (Å²) in [6.45, 7) is 1.79. The Kier molecular flexibility index (Phi) is 4.26. The second kappa shape index (κ2) is 5.25. The van der Waals surface area contributed by atoms with Crippen molar-refractivity contribution in [2.75, 3.05) is 0 Å². The van der Waals surface area contributed by atoms with Gasteiger partial charge in [0.25, 0.3) is 0 Å². The molecule has 1 nitrogen and oxygen atoms in total. The smallest absolute Gasteiger partial charge is 0.0736 e. The molecule has 0 bridgehead atoms. The molecule has 1 aromatic rings. The van der Waals surface area contributed by atoms with Gasteiger partial charge in [0, 0.05) is 0 Å². The zero-order valence-corrected chi connectivity index (χ0v) is 8.41. The standard InChI is InChI=1S/C11H14ClO/c1-9(12)11(13)8-7-10-5-3-2-4-6-10/h2-6,8-9,11,13H,7H2,1H3/t9?,11-/m1/s1. The molecule has 1 aromatic carbocycles. The van der Waals surface area contributed by atoms with Crippen molar-refractivity contribution in [2.45, 2.75) is 24.8 Å². The van der Waals surface area contributed by atoms with Crippen molar-refractivity contribution in [3.05, 3.63) is 42.3 Å². The van der Waals surface area contributed by atoms with Gasteiger partial charge < -0.3 is 5.11 Å². The Labute approximate surface area is 84.4 Å². The van der Waals surface area contributed by atoms with Crippen LogP contribution < -0.4 is 0 Å². The van der Waals surface area contributed by atoms with Crippen molar-refractivity contribution in [1.29, 1.82) is 0 Å². The molecule has 71 valence electrons. The van der Waals surface area contributed by atoms with Gasteiger partial charge in [-0.15, -0.1) is 11.6 Å². The van der Waals surface area contributed by atoms with E-state index in [-0.39, 0.29) is 5.38 Å². The second-order valence-electron chi connectivity index (χ2n) is 3.09. The second-order valence-corrected chi connectivity index (χ2v) is 3.78. The predicted molar refractivity (Wildman–Crippen MR) is 55.8 cm³/mol. The first kappa shape index (κ1) is 10.6. The molecule has 0 spiro atoms. The Morgan fingerprint density at radius 2 is 2.00 bits per heavy atom. The quantitative estimate of drug-likeness (QED) is 0.736. The Balaban J connectivity index is 2.35. The monoisotopic (exact) mass is 197 g/mol. The Morgan fingerprint density at radius 3 is 2.54 bits per heavy atom. The average molecular weight is 198 g/mol. The van der Waals surface area contributed by atoms with Gasteiger partial charge in [0.2, 0.25) is 0 Å². The maximum Gasteiger partial charge on any atom is 0.0736 e. The number of rotatable bonds is 4. The van der Waals surface area contributed by atoms with Gasteiger partial charge in [-0.05, 0) is 25.3 Å². The fourth-order valence-corrected chi connectivity index (χ4v) is 1.16. The van der Waals surface area contributed by atoms with E-state index in [4.69, 9.17) is 11.6 Å². The van der Waals surface area contributed by atoms with Crippen LogP contribution in [0.25, 0.3) is 0 Å². The Bertz CT molecular complexity index is 233. The first-order valence-corrected chi connectivity index (χ1v) is 4.83. The van der Waals surface area contributed by atoms with Gasteiger partial charge in [-0.25, -0.2) is 0 Å². The fraction of sp³-hybridized carbons (Fsp3) is 0.364. The maximum absolute atomic E-state index is 9.40. The van der Waals surface area contributed by atoms with Crippen LogP contribution in [0.2, 0.25) is 0 Å². The van der Waals surface area contributed by atoms with Crippen LogP contribution in [0.15, 0.2) is 30.3 Å². The lowest BCUT2D eigenvalue weighted by Crippen LogP contribution is -2.18. The van der Waals surface area contributed by atoms with Crippen LogP contribution in [0.5, 0.6) is 0 Å². The molecule has 1 radical (unpaired) electrons. The van der Waals surface area contributed by atoms with Crippen molar-refractivity contribution in [2.24, 2.45) is 0 Å². The molecule has 0 aliphatic heterocycles. The number of hydrogen-bond acceptors (Lipinski definition) is 1.